The molecule has 0 aromatic rings. The number of aliphatic hydroxyl groups excluding tert-OH is 1. The van der Waals surface area contributed by atoms with Gasteiger partial charge >= 0.3 is 11.9 Å². The Kier molecular flexibility index (Phi) is 7.63. The van der Waals surface area contributed by atoms with E-state index in [0.717, 1.165) is 0 Å². The number of esters is 1. The third-order valence-corrected chi connectivity index (χ3v) is 2.40. The summed E-state index contributed by atoms with van der Waals surface area (Å²) >= 11 is 0. The summed E-state index contributed by atoms with van der Waals surface area (Å²) in [4.78, 5) is 21.2. The van der Waals surface area contributed by atoms with E-state index in [1.54, 1.807) is 0 Å². The minimum Gasteiger partial charge on any atom is -0.481 e. The lowest BCUT2D eigenvalue weighted by molar-refractivity contribution is -0.148. The first kappa shape index (κ1) is 17.2. The fraction of sp³-hybridized carbons (Fsp3) is 0.667. The summed E-state index contributed by atoms with van der Waals surface area (Å²) in [6.07, 6.45) is -1.09. The molecule has 0 saturated heterocycles. The number of ether oxygens (including phenoxy) is 1. The second-order valence-electron chi connectivity index (χ2n) is 2.49. The predicted molar refractivity (Wildman–Crippen MR) is 50.7 cm³/mol. The molecule has 0 aliphatic rings. The van der Waals surface area contributed by atoms with E-state index >= 15 is 0 Å². The molecule has 0 aromatic heterocycles. The van der Waals surface area contributed by atoms with Gasteiger partial charge in [0.15, 0.2) is 5.25 Å². The lowest BCUT2D eigenvalue weighted by Crippen LogP contribution is -2.34. The lowest BCUT2D eigenvalue weighted by atomic mass is 10.3. The van der Waals surface area contributed by atoms with Gasteiger partial charge in [-0.05, 0) is 0 Å². The maximum atomic E-state index is 10.9. The Hall–Kier alpha value is -1.23. The Bertz CT molecular complexity index is 336. The van der Waals surface area contributed by atoms with E-state index in [-0.39, 0.29) is 6.15 Å². The summed E-state index contributed by atoms with van der Waals surface area (Å²) in [5.74, 6) is -2.98. The van der Waals surface area contributed by atoms with Gasteiger partial charge in [-0.2, -0.15) is 8.42 Å². The molecule has 96 valence electrons. The molecule has 0 aliphatic carbocycles. The molecule has 0 saturated carbocycles. The molecule has 1 unspecified atom stereocenters. The second-order valence-corrected chi connectivity index (χ2v) is 4.09. The van der Waals surface area contributed by atoms with Gasteiger partial charge in [0.2, 0.25) is 0 Å². The van der Waals surface area contributed by atoms with E-state index in [1.165, 1.54) is 0 Å². The van der Waals surface area contributed by atoms with Crippen LogP contribution < -0.4 is 6.15 Å². The van der Waals surface area contributed by atoms with Crippen molar-refractivity contribution in [1.29, 1.82) is 0 Å². The summed E-state index contributed by atoms with van der Waals surface area (Å²) in [6, 6.07) is 0. The van der Waals surface area contributed by atoms with Crippen molar-refractivity contribution in [3.05, 3.63) is 0 Å². The highest BCUT2D eigenvalue weighted by Crippen LogP contribution is 2.07. The van der Waals surface area contributed by atoms with Gasteiger partial charge in [0, 0.05) is 0 Å². The zero-order valence-corrected chi connectivity index (χ0v) is 9.01. The zero-order valence-electron chi connectivity index (χ0n) is 8.20. The number of carbonyl (C=O) groups excluding carboxylic acids is 1. The van der Waals surface area contributed by atoms with Crippen LogP contribution >= 0.6 is 0 Å². The van der Waals surface area contributed by atoms with Crippen molar-refractivity contribution >= 4 is 22.1 Å². The largest absolute Gasteiger partial charge is 0.481 e. The van der Waals surface area contributed by atoms with Crippen LogP contribution in [0.2, 0.25) is 0 Å². The summed E-state index contributed by atoms with van der Waals surface area (Å²) < 4.78 is 33.9. The Balaban J connectivity index is 0. The highest BCUT2D eigenvalue weighted by atomic mass is 32.2. The van der Waals surface area contributed by atoms with E-state index in [2.05, 4.69) is 4.74 Å². The van der Waals surface area contributed by atoms with Crippen molar-refractivity contribution in [3.63, 3.8) is 0 Å². The summed E-state index contributed by atoms with van der Waals surface area (Å²) in [6.45, 7) is -0.999. The maximum absolute atomic E-state index is 10.9. The van der Waals surface area contributed by atoms with Crippen molar-refractivity contribution in [2.24, 2.45) is 0 Å². The monoisotopic (exact) mass is 259 g/mol. The first-order chi connectivity index (χ1) is 6.79. The first-order valence-electron chi connectivity index (χ1n) is 3.74. The van der Waals surface area contributed by atoms with Gasteiger partial charge in [0.25, 0.3) is 10.1 Å². The standard InChI is InChI=1S/C6H10O8S.H3N/c7-1-2-14-6(10)4(3-5(8)9)15(11,12)13;/h4,7H,1-3H2,(H,8,9)(H,11,12,13);1H3. The molecule has 0 heterocycles. The Labute approximate surface area is 91.4 Å². The minimum atomic E-state index is -4.83. The fourth-order valence-corrected chi connectivity index (χ4v) is 1.37. The molecule has 16 heavy (non-hydrogen) atoms. The van der Waals surface area contributed by atoms with E-state index in [1.807, 2.05) is 0 Å². The van der Waals surface area contributed by atoms with Gasteiger partial charge in [-0.15, -0.1) is 0 Å². The molecule has 0 aromatic carbocycles. The molecule has 0 fully saturated rings. The van der Waals surface area contributed by atoms with E-state index in [0.29, 0.717) is 0 Å². The van der Waals surface area contributed by atoms with Gasteiger partial charge in [-0.3, -0.25) is 14.1 Å². The van der Waals surface area contributed by atoms with Gasteiger partial charge in [0.1, 0.15) is 6.61 Å². The van der Waals surface area contributed by atoms with E-state index < -0.39 is 46.9 Å². The third kappa shape index (κ3) is 6.29. The van der Waals surface area contributed by atoms with Crippen molar-refractivity contribution < 1.29 is 37.5 Å². The Morgan fingerprint density at radius 2 is 1.81 bits per heavy atom. The zero-order chi connectivity index (χ0) is 12.1. The molecule has 6 N–H and O–H groups in total. The molecular weight excluding hydrogens is 246 g/mol. The second kappa shape index (κ2) is 7.11. The topological polar surface area (TPSA) is 173 Å². The quantitative estimate of drug-likeness (QED) is 0.324. The third-order valence-electron chi connectivity index (χ3n) is 1.32. The van der Waals surface area contributed by atoms with Crippen molar-refractivity contribution in [1.82, 2.24) is 6.15 Å². The summed E-state index contributed by atoms with van der Waals surface area (Å²) in [7, 11) is -4.83. The molecule has 1 atom stereocenters. The van der Waals surface area contributed by atoms with Gasteiger partial charge in [-0.1, -0.05) is 0 Å². The van der Waals surface area contributed by atoms with Crippen LogP contribution in [-0.2, 0) is 24.4 Å². The Morgan fingerprint density at radius 3 is 2.12 bits per heavy atom. The number of hydrogen-bond acceptors (Lipinski definition) is 7. The number of carboxylic acid groups (broad SMARTS) is 1. The average molecular weight is 259 g/mol. The molecule has 0 radical (unpaired) electrons. The van der Waals surface area contributed by atoms with Crippen LogP contribution in [0.15, 0.2) is 0 Å². The maximum Gasteiger partial charge on any atom is 0.327 e. The van der Waals surface area contributed by atoms with Crippen LogP contribution in [0.3, 0.4) is 0 Å². The molecule has 0 aliphatic heterocycles. The minimum absolute atomic E-state index is 0. The molecule has 0 bridgehead atoms. The molecule has 9 nitrogen and oxygen atoms in total. The smallest absolute Gasteiger partial charge is 0.327 e. The van der Waals surface area contributed by atoms with Crippen LogP contribution in [0.4, 0.5) is 0 Å². The van der Waals surface area contributed by atoms with Crippen LogP contribution in [0, 0.1) is 0 Å². The van der Waals surface area contributed by atoms with Crippen molar-refractivity contribution in [3.8, 4) is 0 Å². The van der Waals surface area contributed by atoms with Crippen LogP contribution in [-0.4, -0.2) is 53.6 Å². The predicted octanol–water partition coefficient (Wildman–Crippen LogP) is -1.58. The highest BCUT2D eigenvalue weighted by molar-refractivity contribution is 7.87. The average Bonchev–Trinajstić information content (AvgIpc) is 2.08. The lowest BCUT2D eigenvalue weighted by Gasteiger charge is -2.10. The number of carboxylic acids is 1. The number of hydrogen-bond donors (Lipinski definition) is 4. The van der Waals surface area contributed by atoms with Crippen molar-refractivity contribution in [2.45, 2.75) is 11.7 Å². The first-order valence-corrected chi connectivity index (χ1v) is 5.25. The summed E-state index contributed by atoms with van der Waals surface area (Å²) in [5, 5.41) is 14.4. The van der Waals surface area contributed by atoms with Gasteiger partial charge in [0.05, 0.1) is 13.0 Å². The molecule has 10 heteroatoms. The normalized spacial score (nSPS) is 12.4. The number of aliphatic carboxylic acids is 1. The van der Waals surface area contributed by atoms with E-state index in [9.17, 15) is 18.0 Å². The van der Waals surface area contributed by atoms with Crippen LogP contribution in [0.1, 0.15) is 6.42 Å². The number of rotatable bonds is 6. The highest BCUT2D eigenvalue weighted by Gasteiger charge is 2.34. The summed E-state index contributed by atoms with van der Waals surface area (Å²) in [5.41, 5.74) is 0. The number of aliphatic hydroxyl groups is 1. The van der Waals surface area contributed by atoms with Crippen LogP contribution in [0.5, 0.6) is 0 Å². The molecular formula is C6H13NO8S. The SMILES string of the molecule is N.O=C(O)CC(C(=O)OCCO)S(=O)(=O)O. The number of carbonyl (C=O) groups is 2. The molecule has 0 spiro atoms. The van der Waals surface area contributed by atoms with E-state index in [4.69, 9.17) is 14.8 Å². The Morgan fingerprint density at radius 1 is 1.31 bits per heavy atom. The molecule has 0 rings (SSSR count). The van der Waals surface area contributed by atoms with Gasteiger partial charge < -0.3 is 21.1 Å². The van der Waals surface area contributed by atoms with Gasteiger partial charge in [-0.25, -0.2) is 0 Å². The molecule has 0 amide bonds. The van der Waals surface area contributed by atoms with Crippen LogP contribution in [0.25, 0.3) is 0 Å². The fourth-order valence-electron chi connectivity index (χ4n) is 0.708. The van der Waals surface area contributed by atoms with Crippen molar-refractivity contribution in [2.75, 3.05) is 13.2 Å².